The molecule has 4 aromatic rings. The number of anilines is 5. The maximum absolute atomic E-state index is 12.1. The average Bonchev–Trinajstić information content (AvgIpc) is 3.06. The van der Waals surface area contributed by atoms with Crippen LogP contribution < -0.4 is 30.5 Å². The molecule has 242 valence electrons. The number of aromatic nitrogens is 2. The van der Waals surface area contributed by atoms with Crippen molar-refractivity contribution in [1.82, 2.24) is 19.4 Å². The van der Waals surface area contributed by atoms with E-state index in [0.717, 1.165) is 11.4 Å². The molecule has 0 amide bonds. The molecule has 0 aliphatic heterocycles. The summed E-state index contributed by atoms with van der Waals surface area (Å²) < 4.78 is 52.8. The number of benzene rings is 3. The van der Waals surface area contributed by atoms with Gasteiger partial charge in [0.1, 0.15) is 0 Å². The second-order valence-electron chi connectivity index (χ2n) is 10.1. The molecule has 0 aliphatic carbocycles. The fourth-order valence-electron chi connectivity index (χ4n) is 3.99. The van der Waals surface area contributed by atoms with E-state index in [-0.39, 0.29) is 15.7 Å². The molecule has 0 saturated heterocycles. The standard InChI is InChI=1S/C30H36N10O4S2/c1-20(22-7-15-26(16-8-22)45(41,42)31-3)36-38-28-19-29(35-30(34-28)33-24-11-13-25(14-12-24)40(5)6)39-37-21(2)23-9-17-27(18-10-23)46(43,44)32-4/h7-19,31-32H,1-6H3,(H3,33,34,35,38,39). The normalized spacial score (nSPS) is 12.5. The van der Waals surface area contributed by atoms with Gasteiger partial charge in [-0.3, -0.25) is 10.9 Å². The highest BCUT2D eigenvalue weighted by Gasteiger charge is 2.13. The van der Waals surface area contributed by atoms with Crippen molar-refractivity contribution in [1.29, 1.82) is 0 Å². The summed E-state index contributed by atoms with van der Waals surface area (Å²) in [6.07, 6.45) is 0. The lowest BCUT2D eigenvalue weighted by Gasteiger charge is -2.14. The molecule has 0 aliphatic rings. The third-order valence-corrected chi connectivity index (χ3v) is 9.60. The molecule has 5 N–H and O–H groups in total. The molecule has 1 aromatic heterocycles. The third kappa shape index (κ3) is 8.63. The van der Waals surface area contributed by atoms with Crippen molar-refractivity contribution in [2.75, 3.05) is 49.3 Å². The van der Waals surface area contributed by atoms with Gasteiger partial charge < -0.3 is 10.2 Å². The second kappa shape index (κ2) is 14.5. The minimum Gasteiger partial charge on any atom is -0.378 e. The molecule has 0 atom stereocenters. The molecule has 0 unspecified atom stereocenters. The van der Waals surface area contributed by atoms with Gasteiger partial charge in [0, 0.05) is 31.5 Å². The third-order valence-electron chi connectivity index (χ3n) is 6.74. The van der Waals surface area contributed by atoms with Crippen molar-refractivity contribution in [3.63, 3.8) is 0 Å². The SMILES string of the molecule is CNS(=O)(=O)c1ccc(C(C)=NNc2cc(NN=C(C)c3ccc(S(=O)(=O)NC)cc3)nc(Nc3ccc(N(C)C)cc3)n2)cc1. The molecular weight excluding hydrogens is 629 g/mol. The van der Waals surface area contributed by atoms with Gasteiger partial charge in [0.2, 0.25) is 26.0 Å². The number of sulfonamides is 2. The largest absolute Gasteiger partial charge is 0.378 e. The molecule has 0 spiro atoms. The highest BCUT2D eigenvalue weighted by Crippen LogP contribution is 2.22. The number of hydrazone groups is 2. The minimum atomic E-state index is -3.55. The van der Waals surface area contributed by atoms with Crippen LogP contribution in [0.5, 0.6) is 0 Å². The fourth-order valence-corrected chi connectivity index (χ4v) is 5.45. The van der Waals surface area contributed by atoms with Crippen molar-refractivity contribution in [3.05, 3.63) is 90.0 Å². The van der Waals surface area contributed by atoms with E-state index in [4.69, 9.17) is 0 Å². The van der Waals surface area contributed by atoms with E-state index in [0.29, 0.717) is 34.2 Å². The predicted molar refractivity (Wildman–Crippen MR) is 183 cm³/mol. The molecule has 4 rings (SSSR count). The van der Waals surface area contributed by atoms with Gasteiger partial charge in [0.05, 0.1) is 21.2 Å². The number of nitrogens with zero attached hydrogens (tertiary/aromatic N) is 5. The number of hydrogen-bond donors (Lipinski definition) is 5. The van der Waals surface area contributed by atoms with Crippen LogP contribution in [0.2, 0.25) is 0 Å². The predicted octanol–water partition coefficient (Wildman–Crippen LogP) is 3.77. The Balaban J connectivity index is 1.60. The first-order valence-corrected chi connectivity index (χ1v) is 16.9. The average molecular weight is 665 g/mol. The van der Waals surface area contributed by atoms with Crippen LogP contribution in [0.25, 0.3) is 0 Å². The van der Waals surface area contributed by atoms with E-state index >= 15 is 0 Å². The van der Waals surface area contributed by atoms with Crippen molar-refractivity contribution in [2.24, 2.45) is 10.2 Å². The van der Waals surface area contributed by atoms with Gasteiger partial charge in [-0.05, 0) is 87.6 Å². The van der Waals surface area contributed by atoms with Crippen LogP contribution in [0.3, 0.4) is 0 Å². The minimum absolute atomic E-state index is 0.148. The molecule has 14 nitrogen and oxygen atoms in total. The Labute approximate surface area is 269 Å². The van der Waals surface area contributed by atoms with Crippen LogP contribution in [-0.2, 0) is 20.0 Å². The van der Waals surface area contributed by atoms with E-state index in [2.05, 4.69) is 45.8 Å². The Morgan fingerprint density at radius 3 is 1.43 bits per heavy atom. The highest BCUT2D eigenvalue weighted by molar-refractivity contribution is 7.89. The van der Waals surface area contributed by atoms with Crippen LogP contribution in [-0.4, -0.2) is 66.4 Å². The lowest BCUT2D eigenvalue weighted by Crippen LogP contribution is -2.18. The monoisotopic (exact) mass is 664 g/mol. The van der Waals surface area contributed by atoms with Crippen molar-refractivity contribution in [2.45, 2.75) is 23.6 Å². The van der Waals surface area contributed by atoms with Crippen LogP contribution in [0.15, 0.2) is 98.9 Å². The second-order valence-corrected chi connectivity index (χ2v) is 13.9. The van der Waals surface area contributed by atoms with Gasteiger partial charge in [0.15, 0.2) is 11.6 Å². The maximum atomic E-state index is 12.1. The van der Waals surface area contributed by atoms with Crippen LogP contribution in [0, 0.1) is 0 Å². The number of nitrogens with one attached hydrogen (secondary N) is 5. The topological polar surface area (TPSA) is 182 Å². The number of rotatable bonds is 13. The molecule has 46 heavy (non-hydrogen) atoms. The summed E-state index contributed by atoms with van der Waals surface area (Å²) in [5, 5.41) is 12.1. The zero-order valence-corrected chi connectivity index (χ0v) is 27.8. The molecule has 0 fully saturated rings. The molecule has 3 aromatic carbocycles. The summed E-state index contributed by atoms with van der Waals surface area (Å²) in [5.41, 5.74) is 10.3. The maximum Gasteiger partial charge on any atom is 0.240 e. The molecule has 1 heterocycles. The highest BCUT2D eigenvalue weighted by atomic mass is 32.2. The van der Waals surface area contributed by atoms with E-state index < -0.39 is 20.0 Å². The van der Waals surface area contributed by atoms with E-state index in [1.165, 1.54) is 38.4 Å². The zero-order valence-electron chi connectivity index (χ0n) is 26.2. The molecule has 16 heteroatoms. The Hall–Kier alpha value is -4.90. The summed E-state index contributed by atoms with van der Waals surface area (Å²) in [7, 11) is -0.472. The summed E-state index contributed by atoms with van der Waals surface area (Å²) in [6.45, 7) is 3.56. The Morgan fingerprint density at radius 2 is 1.07 bits per heavy atom. The first-order chi connectivity index (χ1) is 21.8. The Bertz CT molecular complexity index is 1830. The van der Waals surface area contributed by atoms with E-state index in [1.807, 2.05) is 43.3 Å². The molecular formula is C30H36N10O4S2. The molecule has 0 saturated carbocycles. The number of hydrogen-bond acceptors (Lipinski definition) is 12. The van der Waals surface area contributed by atoms with Crippen molar-refractivity contribution in [3.8, 4) is 0 Å². The van der Waals surface area contributed by atoms with Gasteiger partial charge in [-0.2, -0.15) is 20.2 Å². The summed E-state index contributed by atoms with van der Waals surface area (Å²) in [6, 6.07) is 22.1. The van der Waals surface area contributed by atoms with Gasteiger partial charge >= 0.3 is 0 Å². The molecule has 0 radical (unpaired) electrons. The van der Waals surface area contributed by atoms with Gasteiger partial charge in [0.25, 0.3) is 0 Å². The lowest BCUT2D eigenvalue weighted by atomic mass is 10.1. The van der Waals surface area contributed by atoms with Gasteiger partial charge in [-0.15, -0.1) is 0 Å². The fraction of sp³-hybridized carbons (Fsp3) is 0.200. The Kier molecular flexibility index (Phi) is 10.7. The quantitative estimate of drug-likeness (QED) is 0.104. The van der Waals surface area contributed by atoms with E-state index in [1.54, 1.807) is 44.2 Å². The Morgan fingerprint density at radius 1 is 0.652 bits per heavy atom. The summed E-state index contributed by atoms with van der Waals surface area (Å²) >= 11 is 0. The molecule has 0 bridgehead atoms. The van der Waals surface area contributed by atoms with Crippen molar-refractivity contribution >= 4 is 60.4 Å². The van der Waals surface area contributed by atoms with Gasteiger partial charge in [-0.1, -0.05) is 24.3 Å². The zero-order chi connectivity index (χ0) is 33.5. The summed E-state index contributed by atoms with van der Waals surface area (Å²) in [4.78, 5) is 11.4. The van der Waals surface area contributed by atoms with Gasteiger partial charge in [-0.25, -0.2) is 26.3 Å². The lowest BCUT2D eigenvalue weighted by molar-refractivity contribution is 0.586. The van der Waals surface area contributed by atoms with Crippen LogP contribution in [0.1, 0.15) is 25.0 Å². The van der Waals surface area contributed by atoms with Crippen LogP contribution in [0.4, 0.5) is 29.0 Å². The van der Waals surface area contributed by atoms with Crippen molar-refractivity contribution < 1.29 is 16.8 Å². The van der Waals surface area contributed by atoms with Crippen LogP contribution >= 0.6 is 0 Å². The smallest absolute Gasteiger partial charge is 0.240 e. The van der Waals surface area contributed by atoms with E-state index in [9.17, 15) is 16.8 Å². The first kappa shape index (κ1) is 34.0. The first-order valence-electron chi connectivity index (χ1n) is 13.9. The summed E-state index contributed by atoms with van der Waals surface area (Å²) in [5.74, 6) is 0.982.